The average Bonchev–Trinajstić information content (AvgIpc) is 3.15. The molecule has 2 aromatic carbocycles. The zero-order valence-corrected chi connectivity index (χ0v) is 15.5. The minimum Gasteiger partial charge on any atom is -0.344 e. The van der Waals surface area contributed by atoms with Crippen molar-refractivity contribution >= 4 is 16.9 Å². The van der Waals surface area contributed by atoms with Crippen LogP contribution < -0.4 is 16.4 Å². The van der Waals surface area contributed by atoms with Gasteiger partial charge in [-0.25, -0.2) is 9.67 Å². The number of carbonyl (C=O) groups excluding carboxylic acids is 1. The van der Waals surface area contributed by atoms with Crippen LogP contribution in [0.15, 0.2) is 76.3 Å². The molecular formula is C21H19N5O3. The van der Waals surface area contributed by atoms with Crippen molar-refractivity contribution in [3.05, 3.63) is 98.8 Å². The second kappa shape index (κ2) is 7.97. The van der Waals surface area contributed by atoms with Gasteiger partial charge in [0.15, 0.2) is 0 Å². The molecule has 4 aromatic rings. The van der Waals surface area contributed by atoms with Gasteiger partial charge in [0.05, 0.1) is 17.1 Å². The average molecular weight is 389 g/mol. The Morgan fingerprint density at radius 3 is 2.55 bits per heavy atom. The summed E-state index contributed by atoms with van der Waals surface area (Å²) in [5, 5.41) is 5.28. The molecule has 3 N–H and O–H groups in total. The van der Waals surface area contributed by atoms with E-state index in [0.717, 1.165) is 33.4 Å². The van der Waals surface area contributed by atoms with Crippen LogP contribution in [0.25, 0.3) is 11.0 Å². The van der Waals surface area contributed by atoms with E-state index < -0.39 is 23.1 Å². The maximum absolute atomic E-state index is 12.6. The van der Waals surface area contributed by atoms with Gasteiger partial charge in [0, 0.05) is 12.1 Å². The minimum atomic E-state index is -0.455. The third-order valence-corrected chi connectivity index (χ3v) is 4.55. The van der Waals surface area contributed by atoms with E-state index in [1.54, 1.807) is 0 Å². The maximum Gasteiger partial charge on any atom is 0.265 e. The summed E-state index contributed by atoms with van der Waals surface area (Å²) in [4.78, 5) is 43.8. The fraction of sp³-hybridized carbons (Fsp3) is 0.143. The Balaban J connectivity index is 1.61. The van der Waals surface area contributed by atoms with Crippen LogP contribution in [0, 0.1) is 0 Å². The SMILES string of the molecule is O=C(Cn1[nH]c(=O)ccc1=O)N[C@H](Cc1ccccc1)c1nc2ccccc2[nH]1. The number of rotatable bonds is 6. The highest BCUT2D eigenvalue weighted by atomic mass is 16.2. The van der Waals surface area contributed by atoms with Gasteiger partial charge in [0.25, 0.3) is 11.1 Å². The summed E-state index contributed by atoms with van der Waals surface area (Å²) >= 11 is 0. The molecular weight excluding hydrogens is 370 g/mol. The molecule has 1 atom stereocenters. The monoisotopic (exact) mass is 389 g/mol. The molecule has 0 aliphatic carbocycles. The van der Waals surface area contributed by atoms with Crippen LogP contribution in [0.5, 0.6) is 0 Å². The summed E-state index contributed by atoms with van der Waals surface area (Å²) in [5.41, 5.74) is 1.80. The Morgan fingerprint density at radius 2 is 1.76 bits per heavy atom. The Labute approximate surface area is 165 Å². The number of hydrogen-bond donors (Lipinski definition) is 3. The van der Waals surface area contributed by atoms with Gasteiger partial charge in [-0.2, -0.15) is 0 Å². The number of para-hydroxylation sites is 2. The number of aromatic nitrogens is 4. The number of imidazole rings is 1. The smallest absolute Gasteiger partial charge is 0.265 e. The molecule has 0 saturated carbocycles. The van der Waals surface area contributed by atoms with E-state index in [1.807, 2.05) is 54.6 Å². The molecule has 2 heterocycles. The summed E-state index contributed by atoms with van der Waals surface area (Å²) < 4.78 is 0.982. The summed E-state index contributed by atoms with van der Waals surface area (Å²) in [5.74, 6) is 0.215. The molecule has 0 fully saturated rings. The second-order valence-electron chi connectivity index (χ2n) is 6.68. The zero-order valence-electron chi connectivity index (χ0n) is 15.5. The molecule has 1 amide bonds. The van der Waals surface area contributed by atoms with E-state index in [4.69, 9.17) is 0 Å². The number of carbonyl (C=O) groups is 1. The van der Waals surface area contributed by atoms with Crippen molar-refractivity contribution in [3.63, 3.8) is 0 Å². The van der Waals surface area contributed by atoms with Gasteiger partial charge in [-0.15, -0.1) is 0 Å². The third kappa shape index (κ3) is 4.32. The highest BCUT2D eigenvalue weighted by molar-refractivity contribution is 5.77. The molecule has 0 aliphatic heterocycles. The van der Waals surface area contributed by atoms with Gasteiger partial charge in [-0.1, -0.05) is 42.5 Å². The van der Waals surface area contributed by atoms with Gasteiger partial charge in [-0.05, 0) is 24.1 Å². The number of aromatic amines is 2. The van der Waals surface area contributed by atoms with Gasteiger partial charge >= 0.3 is 0 Å². The highest BCUT2D eigenvalue weighted by Crippen LogP contribution is 2.19. The van der Waals surface area contributed by atoms with Crippen LogP contribution in [0.2, 0.25) is 0 Å². The summed E-state index contributed by atoms with van der Waals surface area (Å²) in [7, 11) is 0. The lowest BCUT2D eigenvalue weighted by Gasteiger charge is -2.17. The van der Waals surface area contributed by atoms with Crippen molar-refractivity contribution in [1.82, 2.24) is 25.1 Å². The zero-order chi connectivity index (χ0) is 20.2. The largest absolute Gasteiger partial charge is 0.344 e. The lowest BCUT2D eigenvalue weighted by Crippen LogP contribution is -2.38. The summed E-state index contributed by atoms with van der Waals surface area (Å²) in [6.07, 6.45) is 0.520. The van der Waals surface area contributed by atoms with Crippen LogP contribution in [0.1, 0.15) is 17.4 Å². The number of nitrogens with zero attached hydrogens (tertiary/aromatic N) is 2. The number of hydrogen-bond acceptors (Lipinski definition) is 4. The number of fused-ring (bicyclic) bond motifs is 1. The van der Waals surface area contributed by atoms with Gasteiger partial charge in [0.2, 0.25) is 5.91 Å². The Kier molecular flexibility index (Phi) is 5.07. The Morgan fingerprint density at radius 1 is 1.00 bits per heavy atom. The van der Waals surface area contributed by atoms with Crippen LogP contribution in [0.3, 0.4) is 0 Å². The standard InChI is InChI=1S/C21H19N5O3/c27-18-10-11-20(29)26(25-18)13-19(28)22-17(12-14-6-2-1-3-7-14)21-23-15-8-4-5-9-16(15)24-21/h1-11,17H,12-13H2,(H,22,28)(H,23,24)(H,25,27)/t17-/m1/s1. The molecule has 0 aliphatic rings. The van der Waals surface area contributed by atoms with Crippen LogP contribution in [-0.4, -0.2) is 25.7 Å². The van der Waals surface area contributed by atoms with Crippen molar-refractivity contribution in [2.45, 2.75) is 19.0 Å². The Hall–Kier alpha value is -3.94. The lowest BCUT2D eigenvalue weighted by molar-refractivity contribution is -0.122. The predicted octanol–water partition coefficient (Wildman–Crippen LogP) is 1.51. The molecule has 8 heteroatoms. The number of H-pyrrole nitrogens is 2. The number of benzene rings is 2. The highest BCUT2D eigenvalue weighted by Gasteiger charge is 2.19. The summed E-state index contributed by atoms with van der Waals surface area (Å²) in [6, 6.07) is 19.2. The van der Waals surface area contributed by atoms with Gasteiger partial charge < -0.3 is 10.3 Å². The molecule has 0 saturated heterocycles. The van der Waals surface area contributed by atoms with E-state index in [1.165, 1.54) is 0 Å². The van der Waals surface area contributed by atoms with Crippen LogP contribution >= 0.6 is 0 Å². The van der Waals surface area contributed by atoms with Crippen molar-refractivity contribution in [1.29, 1.82) is 0 Å². The normalized spacial score (nSPS) is 12.0. The Bertz CT molecular complexity index is 1220. The molecule has 0 unspecified atom stereocenters. The molecule has 146 valence electrons. The van der Waals surface area contributed by atoms with Gasteiger partial charge in [-0.3, -0.25) is 19.5 Å². The fourth-order valence-electron chi connectivity index (χ4n) is 3.17. The third-order valence-electron chi connectivity index (χ3n) is 4.55. The fourth-order valence-corrected chi connectivity index (χ4v) is 3.17. The first-order chi connectivity index (χ1) is 14.1. The first-order valence-electron chi connectivity index (χ1n) is 9.16. The molecule has 8 nitrogen and oxygen atoms in total. The minimum absolute atomic E-state index is 0.291. The first kappa shape index (κ1) is 18.4. The number of amides is 1. The molecule has 2 aromatic heterocycles. The molecule has 0 bridgehead atoms. The maximum atomic E-state index is 12.6. The summed E-state index contributed by atoms with van der Waals surface area (Å²) in [6.45, 7) is -0.291. The van der Waals surface area contributed by atoms with Crippen molar-refractivity contribution in [2.75, 3.05) is 0 Å². The van der Waals surface area contributed by atoms with E-state index in [9.17, 15) is 14.4 Å². The van der Waals surface area contributed by atoms with E-state index >= 15 is 0 Å². The topological polar surface area (TPSA) is 113 Å². The lowest BCUT2D eigenvalue weighted by atomic mass is 10.1. The quantitative estimate of drug-likeness (QED) is 0.464. The molecule has 4 rings (SSSR count). The van der Waals surface area contributed by atoms with Gasteiger partial charge in [0.1, 0.15) is 12.4 Å². The van der Waals surface area contributed by atoms with Crippen molar-refractivity contribution in [2.24, 2.45) is 0 Å². The van der Waals surface area contributed by atoms with E-state index in [-0.39, 0.29) is 6.54 Å². The molecule has 29 heavy (non-hydrogen) atoms. The van der Waals surface area contributed by atoms with Crippen molar-refractivity contribution in [3.8, 4) is 0 Å². The van der Waals surface area contributed by atoms with E-state index in [2.05, 4.69) is 20.4 Å². The predicted molar refractivity (Wildman–Crippen MR) is 108 cm³/mol. The van der Waals surface area contributed by atoms with E-state index in [0.29, 0.717) is 12.2 Å². The number of nitrogens with one attached hydrogen (secondary N) is 3. The molecule has 0 radical (unpaired) electrons. The first-order valence-corrected chi connectivity index (χ1v) is 9.16. The second-order valence-corrected chi connectivity index (χ2v) is 6.68. The van der Waals surface area contributed by atoms with Crippen LogP contribution in [-0.2, 0) is 17.8 Å². The van der Waals surface area contributed by atoms with Crippen LogP contribution in [0.4, 0.5) is 0 Å². The van der Waals surface area contributed by atoms with Crippen molar-refractivity contribution < 1.29 is 4.79 Å². The molecule has 0 spiro atoms.